The van der Waals surface area contributed by atoms with E-state index in [2.05, 4.69) is 5.10 Å². The molecule has 0 saturated carbocycles. The SMILES string of the molecule is O=C(OCC(=O)N1N=C(c2ccco2)CC1c1ccco1)c1ccc(F)cc1F. The first-order valence-electron chi connectivity index (χ1n) is 8.62. The van der Waals surface area contributed by atoms with Gasteiger partial charge >= 0.3 is 5.97 Å². The van der Waals surface area contributed by atoms with Crippen LogP contribution >= 0.6 is 0 Å². The van der Waals surface area contributed by atoms with Gasteiger partial charge in [-0.2, -0.15) is 5.10 Å². The summed E-state index contributed by atoms with van der Waals surface area (Å²) in [7, 11) is 0. The Morgan fingerprint density at radius 3 is 2.62 bits per heavy atom. The highest BCUT2D eigenvalue weighted by molar-refractivity contribution is 6.01. The minimum atomic E-state index is -1.08. The number of benzene rings is 1. The number of hydrogen-bond acceptors (Lipinski definition) is 6. The van der Waals surface area contributed by atoms with Gasteiger partial charge < -0.3 is 13.6 Å². The molecule has 9 heteroatoms. The van der Waals surface area contributed by atoms with Crippen molar-refractivity contribution in [2.24, 2.45) is 5.10 Å². The molecule has 29 heavy (non-hydrogen) atoms. The fourth-order valence-electron chi connectivity index (χ4n) is 2.96. The fourth-order valence-corrected chi connectivity index (χ4v) is 2.96. The molecule has 0 N–H and O–H groups in total. The molecule has 0 saturated heterocycles. The van der Waals surface area contributed by atoms with E-state index in [-0.39, 0.29) is 0 Å². The molecule has 0 spiro atoms. The Kier molecular flexibility index (Phi) is 4.94. The van der Waals surface area contributed by atoms with Crippen molar-refractivity contribution in [3.8, 4) is 0 Å². The zero-order valence-electron chi connectivity index (χ0n) is 14.9. The average Bonchev–Trinajstić information content (AvgIpc) is 3.46. The first-order valence-corrected chi connectivity index (χ1v) is 8.62. The lowest BCUT2D eigenvalue weighted by Crippen LogP contribution is -2.31. The summed E-state index contributed by atoms with van der Waals surface area (Å²) in [6.07, 6.45) is 3.30. The Labute approximate surface area is 163 Å². The van der Waals surface area contributed by atoms with E-state index in [1.54, 1.807) is 24.3 Å². The maximum absolute atomic E-state index is 13.7. The Morgan fingerprint density at radius 1 is 1.14 bits per heavy atom. The largest absolute Gasteiger partial charge is 0.467 e. The topological polar surface area (TPSA) is 85.3 Å². The number of esters is 1. The van der Waals surface area contributed by atoms with E-state index < -0.39 is 41.7 Å². The molecule has 1 aliphatic rings. The van der Waals surface area contributed by atoms with Crippen LogP contribution in [0.4, 0.5) is 8.78 Å². The number of hydrazone groups is 1. The molecule has 3 aromatic rings. The van der Waals surface area contributed by atoms with Gasteiger partial charge in [-0.1, -0.05) is 0 Å². The van der Waals surface area contributed by atoms with Crippen LogP contribution < -0.4 is 0 Å². The number of hydrogen-bond donors (Lipinski definition) is 0. The predicted octanol–water partition coefficient (Wildman–Crippen LogP) is 3.69. The molecule has 148 valence electrons. The summed E-state index contributed by atoms with van der Waals surface area (Å²) in [5, 5.41) is 5.42. The molecule has 1 aliphatic heterocycles. The molecule has 3 heterocycles. The summed E-state index contributed by atoms with van der Waals surface area (Å²) in [6.45, 7) is -0.679. The number of amides is 1. The van der Waals surface area contributed by atoms with Gasteiger partial charge in [0.15, 0.2) is 6.61 Å². The van der Waals surface area contributed by atoms with Gasteiger partial charge in [-0.05, 0) is 36.4 Å². The summed E-state index contributed by atoms with van der Waals surface area (Å²) in [4.78, 5) is 24.7. The lowest BCUT2D eigenvalue weighted by atomic mass is 10.1. The van der Waals surface area contributed by atoms with Crippen molar-refractivity contribution in [2.45, 2.75) is 12.5 Å². The summed E-state index contributed by atoms with van der Waals surface area (Å²) in [5.41, 5.74) is 0.0589. The summed E-state index contributed by atoms with van der Waals surface area (Å²) < 4.78 is 42.3. The third kappa shape index (κ3) is 3.79. The number of rotatable bonds is 5. The highest BCUT2D eigenvalue weighted by Gasteiger charge is 2.36. The number of ether oxygens (including phenoxy) is 1. The van der Waals surface area contributed by atoms with Crippen LogP contribution in [0.2, 0.25) is 0 Å². The van der Waals surface area contributed by atoms with E-state index in [4.69, 9.17) is 13.6 Å². The van der Waals surface area contributed by atoms with Gasteiger partial charge in [0.1, 0.15) is 34.9 Å². The quantitative estimate of drug-likeness (QED) is 0.610. The fraction of sp³-hybridized carbons (Fsp3) is 0.150. The maximum Gasteiger partial charge on any atom is 0.341 e. The number of carbonyl (C=O) groups is 2. The average molecular weight is 400 g/mol. The van der Waals surface area contributed by atoms with Gasteiger partial charge in [0.25, 0.3) is 5.91 Å². The number of furan rings is 2. The van der Waals surface area contributed by atoms with Crippen LogP contribution in [0.1, 0.15) is 34.3 Å². The van der Waals surface area contributed by atoms with Crippen LogP contribution in [-0.2, 0) is 9.53 Å². The first kappa shape index (κ1) is 18.6. The number of halogens is 2. The molecule has 1 amide bonds. The second-order valence-electron chi connectivity index (χ2n) is 6.20. The predicted molar refractivity (Wildman–Crippen MR) is 94.8 cm³/mol. The van der Waals surface area contributed by atoms with E-state index in [0.29, 0.717) is 29.7 Å². The van der Waals surface area contributed by atoms with Crippen LogP contribution in [0.5, 0.6) is 0 Å². The Hall–Kier alpha value is -3.75. The molecule has 0 bridgehead atoms. The third-order valence-corrected chi connectivity index (χ3v) is 4.32. The molecule has 7 nitrogen and oxygen atoms in total. The summed E-state index contributed by atoms with van der Waals surface area (Å²) in [5.74, 6) is -2.62. The molecule has 0 fully saturated rings. The molecule has 0 aliphatic carbocycles. The Balaban J connectivity index is 1.50. The van der Waals surface area contributed by atoms with Gasteiger partial charge in [-0.3, -0.25) is 4.79 Å². The van der Waals surface area contributed by atoms with E-state index in [9.17, 15) is 18.4 Å². The standard InChI is InChI=1S/C20H14F2N2O5/c21-12-5-6-13(14(22)9-12)20(26)29-11-19(25)24-16(18-4-2-8-28-18)10-15(23-24)17-3-1-7-27-17/h1-9,16H,10-11H2. The van der Waals surface area contributed by atoms with Crippen molar-refractivity contribution in [1.29, 1.82) is 0 Å². The van der Waals surface area contributed by atoms with Gasteiger partial charge in [-0.15, -0.1) is 0 Å². The summed E-state index contributed by atoms with van der Waals surface area (Å²) in [6, 6.07) is 8.68. The highest BCUT2D eigenvalue weighted by Crippen LogP contribution is 2.33. The molecule has 0 radical (unpaired) electrons. The normalized spacial score (nSPS) is 16.0. The Morgan fingerprint density at radius 2 is 1.93 bits per heavy atom. The van der Waals surface area contributed by atoms with E-state index in [0.717, 1.165) is 17.1 Å². The lowest BCUT2D eigenvalue weighted by molar-refractivity contribution is -0.136. The van der Waals surface area contributed by atoms with Crippen molar-refractivity contribution in [3.05, 3.63) is 83.7 Å². The van der Waals surface area contributed by atoms with Gasteiger partial charge in [0.2, 0.25) is 0 Å². The smallest absolute Gasteiger partial charge is 0.341 e. The number of carbonyl (C=O) groups excluding carboxylic acids is 2. The minimum Gasteiger partial charge on any atom is -0.467 e. The van der Waals surface area contributed by atoms with Crippen LogP contribution in [0.3, 0.4) is 0 Å². The lowest BCUT2D eigenvalue weighted by Gasteiger charge is -2.19. The van der Waals surface area contributed by atoms with E-state index in [1.807, 2.05) is 0 Å². The van der Waals surface area contributed by atoms with Crippen LogP contribution in [-0.4, -0.2) is 29.2 Å². The highest BCUT2D eigenvalue weighted by atomic mass is 19.1. The van der Waals surface area contributed by atoms with Crippen molar-refractivity contribution < 1.29 is 31.9 Å². The molecular formula is C20H14F2N2O5. The molecule has 1 unspecified atom stereocenters. The molecular weight excluding hydrogens is 386 g/mol. The maximum atomic E-state index is 13.7. The zero-order valence-corrected chi connectivity index (χ0v) is 14.9. The number of nitrogens with zero attached hydrogens (tertiary/aromatic N) is 2. The molecule has 1 aromatic carbocycles. The van der Waals surface area contributed by atoms with Crippen LogP contribution in [0.25, 0.3) is 0 Å². The van der Waals surface area contributed by atoms with Crippen LogP contribution in [0.15, 0.2) is 68.9 Å². The second kappa shape index (κ2) is 7.70. The molecule has 2 aromatic heterocycles. The van der Waals surface area contributed by atoms with E-state index >= 15 is 0 Å². The van der Waals surface area contributed by atoms with Crippen LogP contribution in [0, 0.1) is 11.6 Å². The van der Waals surface area contributed by atoms with Crippen molar-refractivity contribution in [2.75, 3.05) is 6.61 Å². The monoisotopic (exact) mass is 400 g/mol. The first-order chi connectivity index (χ1) is 14.0. The second-order valence-corrected chi connectivity index (χ2v) is 6.20. The van der Waals surface area contributed by atoms with Gasteiger partial charge in [-0.25, -0.2) is 18.6 Å². The van der Waals surface area contributed by atoms with Crippen molar-refractivity contribution >= 4 is 17.6 Å². The molecule has 4 rings (SSSR count). The third-order valence-electron chi connectivity index (χ3n) is 4.32. The Bertz CT molecular complexity index is 1060. The zero-order chi connectivity index (χ0) is 20.4. The summed E-state index contributed by atoms with van der Waals surface area (Å²) >= 11 is 0. The van der Waals surface area contributed by atoms with E-state index in [1.165, 1.54) is 12.5 Å². The van der Waals surface area contributed by atoms with Gasteiger partial charge in [0, 0.05) is 12.5 Å². The van der Waals surface area contributed by atoms with Gasteiger partial charge in [0.05, 0.1) is 18.1 Å². The molecule has 1 atom stereocenters. The minimum absolute atomic E-state index is 0.341. The van der Waals surface area contributed by atoms with Crippen molar-refractivity contribution in [3.63, 3.8) is 0 Å². The van der Waals surface area contributed by atoms with Crippen molar-refractivity contribution in [1.82, 2.24) is 5.01 Å².